The molecule has 2 atom stereocenters. The van der Waals surface area contributed by atoms with Gasteiger partial charge in [-0.2, -0.15) is 5.10 Å². The minimum absolute atomic E-state index is 0.0208. The van der Waals surface area contributed by atoms with Crippen molar-refractivity contribution in [2.45, 2.75) is 17.9 Å². The van der Waals surface area contributed by atoms with Crippen LogP contribution in [-0.2, 0) is 14.9 Å². The zero-order chi connectivity index (χ0) is 23.1. The molecule has 0 bridgehead atoms. The van der Waals surface area contributed by atoms with Crippen LogP contribution in [0, 0.1) is 5.92 Å². The van der Waals surface area contributed by atoms with Crippen LogP contribution in [0.3, 0.4) is 0 Å². The summed E-state index contributed by atoms with van der Waals surface area (Å²) in [5.74, 6) is -0.694. The topological polar surface area (TPSA) is 141 Å². The molecule has 0 fully saturated rings. The summed E-state index contributed by atoms with van der Waals surface area (Å²) in [5, 5.41) is 21.9. The highest BCUT2D eigenvalue weighted by atomic mass is 35.5. The lowest BCUT2D eigenvalue weighted by molar-refractivity contribution is -0.0259. The molecule has 3 rings (SSSR count). The van der Waals surface area contributed by atoms with Crippen molar-refractivity contribution in [3.05, 3.63) is 37.6 Å². The fourth-order valence-electron chi connectivity index (χ4n) is 3.12. The molecule has 2 aromatic carbocycles. The van der Waals surface area contributed by atoms with Crippen molar-refractivity contribution in [1.82, 2.24) is 9.48 Å². The standard InChI is InChI=1S/C18H22ClN5O6S/c1-9(10-7-20-23(2)8-10)21-13-14(17(27)16(13)26)22-12-6-5-11(19)18(15(12)25)31(28,29)24(3)30-4/h5-7,9-10,21-22,25H,8H2,1-4H3/t9-,10?/m1/s1. The third-order valence-electron chi connectivity index (χ3n) is 5.05. The van der Waals surface area contributed by atoms with Crippen LogP contribution in [0.5, 0.6) is 5.75 Å². The van der Waals surface area contributed by atoms with E-state index < -0.39 is 31.5 Å². The van der Waals surface area contributed by atoms with E-state index in [9.17, 15) is 23.1 Å². The summed E-state index contributed by atoms with van der Waals surface area (Å²) in [6.07, 6.45) is 1.75. The number of benzene rings is 1. The normalized spacial score (nSPS) is 17.5. The fraction of sp³-hybridized carbons (Fsp3) is 0.389. The number of sulfonamides is 1. The van der Waals surface area contributed by atoms with Gasteiger partial charge >= 0.3 is 0 Å². The number of halogens is 1. The van der Waals surface area contributed by atoms with Gasteiger partial charge in [0.25, 0.3) is 20.9 Å². The lowest BCUT2D eigenvalue weighted by Crippen LogP contribution is -2.41. The molecule has 2 aromatic rings. The van der Waals surface area contributed by atoms with Gasteiger partial charge in [-0.05, 0) is 19.1 Å². The average molecular weight is 472 g/mol. The molecule has 0 amide bonds. The number of aromatic hydroxyl groups is 1. The molecule has 0 spiro atoms. The summed E-state index contributed by atoms with van der Waals surface area (Å²) in [6, 6.07) is 2.33. The number of phenolic OH excluding ortho intramolecular Hbond substituents is 1. The first-order valence-corrected chi connectivity index (χ1v) is 11.0. The largest absolute Gasteiger partial charge is 0.504 e. The van der Waals surface area contributed by atoms with Crippen molar-refractivity contribution in [2.24, 2.45) is 11.0 Å². The quantitative estimate of drug-likeness (QED) is 0.291. The number of phenols is 1. The predicted octanol–water partition coefficient (Wildman–Crippen LogP) is 0.915. The Hall–Kier alpha value is -2.67. The second-order valence-corrected chi connectivity index (χ2v) is 9.38. The van der Waals surface area contributed by atoms with E-state index in [0.717, 1.165) is 14.2 Å². The van der Waals surface area contributed by atoms with E-state index in [2.05, 4.69) is 15.7 Å². The minimum Gasteiger partial charge on any atom is -0.504 e. The van der Waals surface area contributed by atoms with Gasteiger partial charge in [-0.25, -0.2) is 8.42 Å². The van der Waals surface area contributed by atoms with Gasteiger partial charge in [-0.15, -0.1) is 0 Å². The van der Waals surface area contributed by atoms with E-state index >= 15 is 0 Å². The Morgan fingerprint density at radius 1 is 1.32 bits per heavy atom. The van der Waals surface area contributed by atoms with Crippen molar-refractivity contribution in [2.75, 3.05) is 38.4 Å². The molecule has 11 nitrogen and oxygen atoms in total. The molecule has 1 aliphatic rings. The summed E-state index contributed by atoms with van der Waals surface area (Å²) in [7, 11) is -0.188. The number of rotatable bonds is 8. The van der Waals surface area contributed by atoms with Crippen LogP contribution in [0.2, 0.25) is 5.02 Å². The summed E-state index contributed by atoms with van der Waals surface area (Å²) >= 11 is 5.99. The first-order chi connectivity index (χ1) is 14.5. The van der Waals surface area contributed by atoms with Crippen molar-refractivity contribution in [3.63, 3.8) is 0 Å². The summed E-state index contributed by atoms with van der Waals surface area (Å²) in [6.45, 7) is 2.50. The molecule has 1 aliphatic heterocycles. The highest BCUT2D eigenvalue weighted by molar-refractivity contribution is 7.89. The molecule has 1 unspecified atom stereocenters. The zero-order valence-electron chi connectivity index (χ0n) is 17.2. The van der Waals surface area contributed by atoms with Gasteiger partial charge in [0, 0.05) is 38.8 Å². The van der Waals surface area contributed by atoms with Gasteiger partial charge in [-0.1, -0.05) is 16.1 Å². The van der Waals surface area contributed by atoms with Crippen LogP contribution in [0.1, 0.15) is 6.92 Å². The Morgan fingerprint density at radius 2 is 1.97 bits per heavy atom. The molecule has 1 heterocycles. The maximum absolute atomic E-state index is 12.6. The van der Waals surface area contributed by atoms with E-state index in [4.69, 9.17) is 16.4 Å². The number of hydrazone groups is 1. The number of hydrogen-bond donors (Lipinski definition) is 3. The van der Waals surface area contributed by atoms with Crippen LogP contribution in [-0.4, -0.2) is 63.0 Å². The van der Waals surface area contributed by atoms with E-state index in [0.29, 0.717) is 11.0 Å². The van der Waals surface area contributed by atoms with Crippen molar-refractivity contribution in [1.29, 1.82) is 0 Å². The number of hydrogen-bond acceptors (Lipinski definition) is 10. The SMILES string of the molecule is CON(C)S(=O)(=O)c1c(Cl)ccc(Nc2c(N[C@H](C)C3C=NN(C)C3)c(=O)c2=O)c1O. The number of nitrogens with zero attached hydrogens (tertiary/aromatic N) is 3. The van der Waals surface area contributed by atoms with E-state index in [1.165, 1.54) is 12.1 Å². The van der Waals surface area contributed by atoms with E-state index in [1.54, 1.807) is 11.2 Å². The zero-order valence-corrected chi connectivity index (χ0v) is 18.8. The Balaban J connectivity index is 1.92. The van der Waals surface area contributed by atoms with Gasteiger partial charge in [0.2, 0.25) is 0 Å². The molecule has 0 saturated heterocycles. The monoisotopic (exact) mass is 471 g/mol. The second-order valence-electron chi connectivity index (χ2n) is 7.10. The third kappa shape index (κ3) is 4.11. The molecule has 3 N–H and O–H groups in total. The first-order valence-electron chi connectivity index (χ1n) is 9.15. The maximum Gasteiger partial charge on any atom is 0.269 e. The Bertz CT molecular complexity index is 1210. The Kier molecular flexibility index (Phi) is 6.28. The molecule has 0 radical (unpaired) electrons. The van der Waals surface area contributed by atoms with Crippen molar-refractivity contribution < 1.29 is 18.4 Å². The molecule has 0 saturated carbocycles. The molecular weight excluding hydrogens is 450 g/mol. The molecule has 0 aliphatic carbocycles. The maximum atomic E-state index is 12.6. The van der Waals surface area contributed by atoms with Gasteiger partial charge in [0.1, 0.15) is 16.3 Å². The molecular formula is C18H22ClN5O6S. The number of hydroxylamine groups is 1. The van der Waals surface area contributed by atoms with E-state index in [-0.39, 0.29) is 34.0 Å². The van der Waals surface area contributed by atoms with Gasteiger partial charge in [0.15, 0.2) is 5.75 Å². The van der Waals surface area contributed by atoms with E-state index in [1.807, 2.05) is 14.0 Å². The first kappa shape index (κ1) is 23.0. The lowest BCUT2D eigenvalue weighted by atomic mass is 10.0. The fourth-order valence-corrected chi connectivity index (χ4v) is 4.69. The Labute approximate surface area is 183 Å². The van der Waals surface area contributed by atoms with Crippen LogP contribution in [0.15, 0.2) is 31.7 Å². The van der Waals surface area contributed by atoms with Crippen molar-refractivity contribution >= 4 is 44.9 Å². The van der Waals surface area contributed by atoms with Crippen LogP contribution in [0.25, 0.3) is 0 Å². The van der Waals surface area contributed by atoms with Crippen LogP contribution < -0.4 is 21.5 Å². The summed E-state index contributed by atoms with van der Waals surface area (Å²) in [4.78, 5) is 28.4. The highest BCUT2D eigenvalue weighted by Gasteiger charge is 2.31. The molecule has 13 heteroatoms. The van der Waals surface area contributed by atoms with Gasteiger partial charge in [0.05, 0.1) is 17.8 Å². The highest BCUT2D eigenvalue weighted by Crippen LogP contribution is 2.39. The summed E-state index contributed by atoms with van der Waals surface area (Å²) in [5.41, 5.74) is -1.65. The van der Waals surface area contributed by atoms with Crippen LogP contribution in [0.4, 0.5) is 17.1 Å². The predicted molar refractivity (Wildman–Crippen MR) is 117 cm³/mol. The lowest BCUT2D eigenvalue weighted by Gasteiger charge is -2.23. The summed E-state index contributed by atoms with van der Waals surface area (Å²) < 4.78 is 25.7. The smallest absolute Gasteiger partial charge is 0.269 e. The third-order valence-corrected chi connectivity index (χ3v) is 7.23. The number of anilines is 3. The minimum atomic E-state index is -4.28. The average Bonchev–Trinajstić information content (AvgIpc) is 3.17. The van der Waals surface area contributed by atoms with Gasteiger partial charge < -0.3 is 15.7 Å². The number of nitrogens with one attached hydrogen (secondary N) is 2. The second kappa shape index (κ2) is 8.46. The van der Waals surface area contributed by atoms with Crippen molar-refractivity contribution in [3.8, 4) is 5.75 Å². The Morgan fingerprint density at radius 3 is 2.55 bits per heavy atom. The molecule has 0 aromatic heterocycles. The van der Waals surface area contributed by atoms with Crippen LogP contribution >= 0.6 is 11.6 Å². The molecule has 168 valence electrons. The molecule has 31 heavy (non-hydrogen) atoms. The van der Waals surface area contributed by atoms with Gasteiger partial charge in [-0.3, -0.25) is 19.4 Å².